The van der Waals surface area contributed by atoms with E-state index in [0.717, 1.165) is 0 Å². The van der Waals surface area contributed by atoms with Crippen LogP contribution in [0.15, 0.2) is 24.3 Å². The first kappa shape index (κ1) is 8.01. The summed E-state index contributed by atoms with van der Waals surface area (Å²) >= 11 is 0. The van der Waals surface area contributed by atoms with Crippen LogP contribution in [0.3, 0.4) is 0 Å². The topological polar surface area (TPSA) is 79.0 Å². The van der Waals surface area contributed by atoms with E-state index >= 15 is 0 Å². The van der Waals surface area contributed by atoms with Gasteiger partial charge in [-0.15, -0.1) is 5.43 Å². The quantitative estimate of drug-likeness (QED) is 0.524. The van der Waals surface area contributed by atoms with Crippen molar-refractivity contribution in [2.45, 2.75) is 0 Å². The first-order chi connectivity index (χ1) is 5.72. The van der Waals surface area contributed by atoms with Crippen molar-refractivity contribution in [3.8, 4) is 6.07 Å². The van der Waals surface area contributed by atoms with Crippen LogP contribution in [-0.4, -0.2) is 5.03 Å². The van der Waals surface area contributed by atoms with Crippen LogP contribution in [0.2, 0.25) is 0 Å². The smallest absolute Gasteiger partial charge is 0.162 e. The van der Waals surface area contributed by atoms with Gasteiger partial charge in [-0.05, 0) is 18.2 Å². The largest absolute Gasteiger partial charge is 0.235 e. The summed E-state index contributed by atoms with van der Waals surface area (Å²) in [6.07, 6.45) is 0. The molecule has 5 heteroatoms. The SMILES string of the molecule is N#Cc1cccc(N[N+](=O)[O-])c1. The summed E-state index contributed by atoms with van der Waals surface area (Å²) in [5, 5.41) is 17.8. The molecule has 0 aliphatic heterocycles. The number of benzene rings is 1. The molecule has 0 aliphatic rings. The van der Waals surface area contributed by atoms with Crippen molar-refractivity contribution in [3.63, 3.8) is 0 Å². The van der Waals surface area contributed by atoms with Gasteiger partial charge in [0.15, 0.2) is 5.03 Å². The summed E-state index contributed by atoms with van der Waals surface area (Å²) < 4.78 is 0. The lowest BCUT2D eigenvalue weighted by Gasteiger charge is -1.95. The standard InChI is InChI=1S/C7H5N3O2/c8-5-6-2-1-3-7(4-6)9-10(11)12/h1-4,9H. The summed E-state index contributed by atoms with van der Waals surface area (Å²) in [5.41, 5.74) is 2.65. The molecule has 0 heterocycles. The molecule has 0 aromatic heterocycles. The van der Waals surface area contributed by atoms with Crippen LogP contribution in [-0.2, 0) is 0 Å². The van der Waals surface area contributed by atoms with Crippen molar-refractivity contribution in [1.82, 2.24) is 0 Å². The minimum Gasteiger partial charge on any atom is -0.235 e. The highest BCUT2D eigenvalue weighted by atomic mass is 16.7. The van der Waals surface area contributed by atoms with Gasteiger partial charge in [-0.25, -0.2) is 10.1 Å². The lowest BCUT2D eigenvalue weighted by Crippen LogP contribution is -2.07. The summed E-state index contributed by atoms with van der Waals surface area (Å²) in [4.78, 5) is 9.98. The number of anilines is 1. The van der Waals surface area contributed by atoms with Crippen LogP contribution in [0.1, 0.15) is 5.56 Å². The predicted molar refractivity (Wildman–Crippen MR) is 41.8 cm³/mol. The van der Waals surface area contributed by atoms with Crippen LogP contribution in [0.5, 0.6) is 0 Å². The monoisotopic (exact) mass is 163 g/mol. The zero-order valence-electron chi connectivity index (χ0n) is 6.02. The molecular weight excluding hydrogens is 158 g/mol. The van der Waals surface area contributed by atoms with Crippen LogP contribution in [0, 0.1) is 21.4 Å². The number of nitrogens with one attached hydrogen (secondary N) is 1. The molecule has 60 valence electrons. The molecular formula is C7H5N3O2. The second kappa shape index (κ2) is 3.34. The van der Waals surface area contributed by atoms with Crippen LogP contribution >= 0.6 is 0 Å². The molecule has 0 unspecified atom stereocenters. The predicted octanol–water partition coefficient (Wildman–Crippen LogP) is 1.16. The first-order valence-electron chi connectivity index (χ1n) is 3.13. The Morgan fingerprint density at radius 1 is 1.58 bits per heavy atom. The molecule has 1 rings (SSSR count). The molecule has 0 bridgehead atoms. The molecule has 0 saturated heterocycles. The Labute approximate surface area is 68.4 Å². The number of nitrogens with zero attached hydrogens (tertiary/aromatic N) is 2. The molecule has 1 aromatic carbocycles. The average molecular weight is 163 g/mol. The molecule has 1 N–H and O–H groups in total. The molecule has 0 spiro atoms. The van der Waals surface area contributed by atoms with E-state index in [1.165, 1.54) is 12.1 Å². The van der Waals surface area contributed by atoms with Gasteiger partial charge in [0.05, 0.1) is 11.6 Å². The molecule has 0 radical (unpaired) electrons. The zero-order chi connectivity index (χ0) is 8.97. The maximum Gasteiger partial charge on any atom is 0.162 e. The maximum atomic E-state index is 9.98. The molecule has 1 aromatic rings. The van der Waals surface area contributed by atoms with Crippen molar-refractivity contribution < 1.29 is 5.03 Å². The fraction of sp³-hybridized carbons (Fsp3) is 0. The highest BCUT2D eigenvalue weighted by Crippen LogP contribution is 2.08. The van der Waals surface area contributed by atoms with Gasteiger partial charge in [0.25, 0.3) is 0 Å². The van der Waals surface area contributed by atoms with Crippen LogP contribution in [0.4, 0.5) is 5.69 Å². The number of rotatable bonds is 2. The Balaban J connectivity index is 2.88. The number of nitro groups is 1. The van der Waals surface area contributed by atoms with Gasteiger partial charge in [0.2, 0.25) is 0 Å². The highest BCUT2D eigenvalue weighted by Gasteiger charge is 1.98. The van der Waals surface area contributed by atoms with E-state index in [1.54, 1.807) is 12.1 Å². The fourth-order valence-electron chi connectivity index (χ4n) is 0.764. The fourth-order valence-corrected chi connectivity index (χ4v) is 0.764. The molecule has 0 amide bonds. The number of hydrazine groups is 1. The molecule has 0 aliphatic carbocycles. The highest BCUT2D eigenvalue weighted by molar-refractivity contribution is 5.47. The lowest BCUT2D eigenvalue weighted by molar-refractivity contribution is -0.445. The zero-order valence-corrected chi connectivity index (χ0v) is 6.02. The third-order valence-corrected chi connectivity index (χ3v) is 1.21. The van der Waals surface area contributed by atoms with E-state index in [9.17, 15) is 10.1 Å². The number of hydrogen-bond donors (Lipinski definition) is 1. The average Bonchev–Trinajstić information content (AvgIpc) is 2.03. The Hall–Kier alpha value is -2.09. The Kier molecular flexibility index (Phi) is 2.23. The lowest BCUT2D eigenvalue weighted by atomic mass is 10.2. The van der Waals surface area contributed by atoms with Gasteiger partial charge in [-0.3, -0.25) is 0 Å². The van der Waals surface area contributed by atoms with E-state index in [4.69, 9.17) is 5.26 Å². The van der Waals surface area contributed by atoms with Gasteiger partial charge in [0.1, 0.15) is 5.69 Å². The second-order valence-corrected chi connectivity index (χ2v) is 2.06. The van der Waals surface area contributed by atoms with E-state index < -0.39 is 5.03 Å². The van der Waals surface area contributed by atoms with E-state index in [2.05, 4.69) is 0 Å². The molecule has 5 nitrogen and oxygen atoms in total. The minimum absolute atomic E-state index is 0.305. The van der Waals surface area contributed by atoms with E-state index in [-0.39, 0.29) is 0 Å². The Bertz CT molecular complexity index is 343. The molecule has 0 fully saturated rings. The second-order valence-electron chi connectivity index (χ2n) is 2.06. The van der Waals surface area contributed by atoms with Gasteiger partial charge in [-0.2, -0.15) is 5.26 Å². The van der Waals surface area contributed by atoms with Crippen molar-refractivity contribution in [2.24, 2.45) is 0 Å². The van der Waals surface area contributed by atoms with Crippen LogP contribution in [0.25, 0.3) is 0 Å². The Morgan fingerprint density at radius 2 is 2.33 bits per heavy atom. The summed E-state index contributed by atoms with van der Waals surface area (Å²) in [6, 6.07) is 7.95. The third kappa shape index (κ3) is 1.95. The van der Waals surface area contributed by atoms with Crippen molar-refractivity contribution in [3.05, 3.63) is 39.9 Å². The number of nitriles is 1. The summed E-state index contributed by atoms with van der Waals surface area (Å²) in [5.74, 6) is 0. The van der Waals surface area contributed by atoms with Crippen molar-refractivity contribution >= 4 is 5.69 Å². The van der Waals surface area contributed by atoms with Gasteiger partial charge >= 0.3 is 0 Å². The van der Waals surface area contributed by atoms with Gasteiger partial charge in [0, 0.05) is 0 Å². The van der Waals surface area contributed by atoms with Gasteiger partial charge in [-0.1, -0.05) is 6.07 Å². The molecule has 0 atom stereocenters. The summed E-state index contributed by atoms with van der Waals surface area (Å²) in [6.45, 7) is 0. The van der Waals surface area contributed by atoms with Crippen molar-refractivity contribution in [2.75, 3.05) is 5.43 Å². The number of hydrogen-bond acceptors (Lipinski definition) is 3. The minimum atomic E-state index is -0.670. The van der Waals surface area contributed by atoms with Crippen molar-refractivity contribution in [1.29, 1.82) is 5.26 Å². The normalized spacial score (nSPS) is 8.58. The third-order valence-electron chi connectivity index (χ3n) is 1.21. The van der Waals surface area contributed by atoms with Crippen LogP contribution < -0.4 is 5.43 Å². The first-order valence-corrected chi connectivity index (χ1v) is 3.13. The molecule has 0 saturated carbocycles. The summed E-state index contributed by atoms with van der Waals surface area (Å²) in [7, 11) is 0. The Morgan fingerprint density at radius 3 is 2.92 bits per heavy atom. The maximum absolute atomic E-state index is 9.98. The van der Waals surface area contributed by atoms with E-state index in [0.29, 0.717) is 11.3 Å². The van der Waals surface area contributed by atoms with Gasteiger partial charge < -0.3 is 0 Å². The molecule has 12 heavy (non-hydrogen) atoms. The van der Waals surface area contributed by atoms with E-state index in [1.807, 2.05) is 11.5 Å².